The van der Waals surface area contributed by atoms with Crippen molar-refractivity contribution in [2.24, 2.45) is 33.7 Å². The minimum absolute atomic E-state index is 0.00901. The molecule has 5 rings (SSSR count). The molecule has 1 aromatic carbocycles. The highest BCUT2D eigenvalue weighted by Crippen LogP contribution is 2.67. The maximum absolute atomic E-state index is 12.6. The van der Waals surface area contributed by atoms with Crippen LogP contribution in [0, 0.1) is 28.6 Å². The summed E-state index contributed by atoms with van der Waals surface area (Å²) in [6, 6.07) is 8.51. The number of aliphatic hydroxyl groups excluding tert-OH is 2. The first-order chi connectivity index (χ1) is 20.5. The third kappa shape index (κ3) is 5.53. The molecule has 4 aliphatic rings. The van der Waals surface area contributed by atoms with Crippen LogP contribution >= 0.6 is 0 Å². The fraction of sp³-hybridized carbons (Fsp3) is 0.636. The van der Waals surface area contributed by atoms with Gasteiger partial charge in [-0.3, -0.25) is 9.59 Å². The summed E-state index contributed by atoms with van der Waals surface area (Å²) in [5.41, 5.74) is 0.181. The Morgan fingerprint density at radius 3 is 2.56 bits per heavy atom. The standard InChI is InChI=1S/C33H44N2O8/c1-31-13-11-22(35-43-19-28(39)34-25(30(40)42-3)15-20-7-5-4-6-8-20)16-21(31)9-10-23-24-12-14-33(41,27(38)18-36)32(24,2)17-26(37)29(23)31/h4-8,16,23-26,29,36-37,41H,9-15,17-19H2,1-3H3,(H,34,39)/t23-,24+,25-,26+,29-,31+,32-,33+/m1/s1. The number of aliphatic hydroxyl groups is 3. The number of carbonyl (C=O) groups excluding carboxylic acids is 3. The van der Waals surface area contributed by atoms with Gasteiger partial charge >= 0.3 is 5.97 Å². The lowest BCUT2D eigenvalue weighted by Gasteiger charge is -2.60. The summed E-state index contributed by atoms with van der Waals surface area (Å²) in [6.45, 7) is 3.08. The third-order valence-corrected chi connectivity index (χ3v) is 11.1. The number of ether oxygens (including phenoxy) is 1. The summed E-state index contributed by atoms with van der Waals surface area (Å²) < 4.78 is 4.86. The summed E-state index contributed by atoms with van der Waals surface area (Å²) in [4.78, 5) is 42.9. The fourth-order valence-corrected chi connectivity index (χ4v) is 8.96. The van der Waals surface area contributed by atoms with Crippen LogP contribution in [-0.4, -0.2) is 76.8 Å². The van der Waals surface area contributed by atoms with Gasteiger partial charge in [0.25, 0.3) is 5.91 Å². The topological polar surface area (TPSA) is 155 Å². The molecule has 43 heavy (non-hydrogen) atoms. The van der Waals surface area contributed by atoms with Crippen LogP contribution in [0.25, 0.3) is 0 Å². The number of allylic oxidation sites excluding steroid dienone is 2. The molecule has 1 amide bonds. The second-order valence-electron chi connectivity index (χ2n) is 13.3. The van der Waals surface area contributed by atoms with E-state index in [1.54, 1.807) is 0 Å². The summed E-state index contributed by atoms with van der Waals surface area (Å²) in [5.74, 6) is -1.32. The molecule has 3 fully saturated rings. The Labute approximate surface area is 252 Å². The molecule has 1 aromatic rings. The molecule has 10 nitrogen and oxygen atoms in total. The van der Waals surface area contributed by atoms with E-state index in [0.717, 1.165) is 30.5 Å². The number of benzene rings is 1. The quantitative estimate of drug-likeness (QED) is 0.250. The van der Waals surface area contributed by atoms with E-state index in [9.17, 15) is 29.7 Å². The number of amides is 1. The minimum Gasteiger partial charge on any atom is -0.467 e. The number of methoxy groups -OCH3 is 1. The van der Waals surface area contributed by atoms with E-state index in [2.05, 4.69) is 17.4 Å². The number of oxime groups is 1. The Morgan fingerprint density at radius 2 is 1.86 bits per heavy atom. The van der Waals surface area contributed by atoms with Crippen LogP contribution in [0.15, 0.2) is 47.1 Å². The van der Waals surface area contributed by atoms with Gasteiger partial charge in [0.05, 0.1) is 18.9 Å². The SMILES string of the molecule is COC(=O)[C@@H](Cc1ccccc1)NC(=O)CON=C1C=C2CC[C@H]3[C@H]([C@@H](O)C[C@]4(C)[C@H]3CC[C@]4(O)C(=O)CO)[C@@]2(C)CC1. The van der Waals surface area contributed by atoms with Crippen LogP contribution in [-0.2, 0) is 30.4 Å². The average molecular weight is 597 g/mol. The molecule has 0 heterocycles. The lowest BCUT2D eigenvalue weighted by Crippen LogP contribution is -2.62. The van der Waals surface area contributed by atoms with E-state index in [4.69, 9.17) is 9.57 Å². The molecule has 4 aliphatic carbocycles. The third-order valence-electron chi connectivity index (χ3n) is 11.1. The van der Waals surface area contributed by atoms with E-state index in [1.165, 1.54) is 12.7 Å². The van der Waals surface area contributed by atoms with Gasteiger partial charge in [-0.1, -0.05) is 54.9 Å². The van der Waals surface area contributed by atoms with E-state index in [-0.39, 0.29) is 29.8 Å². The van der Waals surface area contributed by atoms with Crippen molar-refractivity contribution < 1.29 is 39.3 Å². The van der Waals surface area contributed by atoms with Crippen molar-refractivity contribution in [2.45, 2.75) is 83.0 Å². The van der Waals surface area contributed by atoms with Gasteiger partial charge in [-0.05, 0) is 79.8 Å². The highest BCUT2D eigenvalue weighted by molar-refractivity contribution is 5.96. The summed E-state index contributed by atoms with van der Waals surface area (Å²) >= 11 is 0. The number of Topliss-reactive ketones (excluding diaryl/α,β-unsaturated/α-hetero) is 1. The number of hydrogen-bond acceptors (Lipinski definition) is 9. The van der Waals surface area contributed by atoms with Gasteiger partial charge in [0.15, 0.2) is 12.4 Å². The first-order valence-corrected chi connectivity index (χ1v) is 15.3. The maximum atomic E-state index is 12.6. The molecular formula is C33H44N2O8. The molecule has 0 aliphatic heterocycles. The summed E-state index contributed by atoms with van der Waals surface area (Å²) in [6.07, 6.45) is 6.00. The van der Waals surface area contributed by atoms with Crippen LogP contribution in [0.3, 0.4) is 0 Å². The van der Waals surface area contributed by atoms with Crippen LogP contribution in [0.2, 0.25) is 0 Å². The van der Waals surface area contributed by atoms with Gasteiger partial charge in [-0.25, -0.2) is 4.79 Å². The van der Waals surface area contributed by atoms with Gasteiger partial charge in [0.1, 0.15) is 18.2 Å². The highest BCUT2D eigenvalue weighted by Gasteiger charge is 2.68. The van der Waals surface area contributed by atoms with Crippen molar-refractivity contribution in [3.63, 3.8) is 0 Å². The zero-order valence-electron chi connectivity index (χ0n) is 25.3. The fourth-order valence-electron chi connectivity index (χ4n) is 8.96. The molecule has 8 atom stereocenters. The predicted octanol–water partition coefficient (Wildman–Crippen LogP) is 2.49. The zero-order chi connectivity index (χ0) is 31.0. The van der Waals surface area contributed by atoms with Crippen LogP contribution in [0.1, 0.15) is 64.4 Å². The Bertz CT molecular complexity index is 1300. The molecule has 234 valence electrons. The number of hydrogen-bond donors (Lipinski definition) is 4. The van der Waals surface area contributed by atoms with Gasteiger partial charge in [0, 0.05) is 11.8 Å². The monoisotopic (exact) mass is 596 g/mol. The van der Waals surface area contributed by atoms with Crippen LogP contribution in [0.5, 0.6) is 0 Å². The van der Waals surface area contributed by atoms with Crippen molar-refractivity contribution in [3.8, 4) is 0 Å². The first kappa shape index (κ1) is 31.3. The van der Waals surface area contributed by atoms with Gasteiger partial charge in [-0.2, -0.15) is 0 Å². The summed E-state index contributed by atoms with van der Waals surface area (Å²) in [5, 5.41) is 39.4. The molecule has 0 bridgehead atoms. The van der Waals surface area contributed by atoms with Crippen LogP contribution < -0.4 is 5.32 Å². The Kier molecular flexibility index (Phi) is 8.84. The predicted molar refractivity (Wildman–Crippen MR) is 158 cm³/mol. The molecular weight excluding hydrogens is 552 g/mol. The van der Waals surface area contributed by atoms with Gasteiger partial charge in [-0.15, -0.1) is 0 Å². The number of rotatable bonds is 9. The molecule has 3 saturated carbocycles. The second kappa shape index (κ2) is 12.1. The number of carbonyl (C=O) groups is 3. The Hall–Kier alpha value is -3.08. The Morgan fingerprint density at radius 1 is 1.12 bits per heavy atom. The summed E-state index contributed by atoms with van der Waals surface area (Å²) in [7, 11) is 1.28. The number of fused-ring (bicyclic) bond motifs is 5. The number of nitrogens with zero attached hydrogens (tertiary/aromatic N) is 1. The van der Waals surface area contributed by atoms with Crippen molar-refractivity contribution in [3.05, 3.63) is 47.5 Å². The molecule has 0 radical (unpaired) electrons. The van der Waals surface area contributed by atoms with Crippen molar-refractivity contribution >= 4 is 23.4 Å². The van der Waals surface area contributed by atoms with Gasteiger partial charge in [0.2, 0.25) is 0 Å². The molecule has 4 N–H and O–H groups in total. The lowest BCUT2D eigenvalue weighted by atomic mass is 9.45. The number of nitrogens with one attached hydrogen (secondary N) is 1. The van der Waals surface area contributed by atoms with Crippen molar-refractivity contribution in [1.29, 1.82) is 0 Å². The first-order valence-electron chi connectivity index (χ1n) is 15.3. The molecule has 0 spiro atoms. The smallest absolute Gasteiger partial charge is 0.328 e. The number of ketones is 1. The molecule has 0 aromatic heterocycles. The van der Waals surface area contributed by atoms with Crippen molar-refractivity contribution in [1.82, 2.24) is 5.32 Å². The maximum Gasteiger partial charge on any atom is 0.328 e. The lowest BCUT2D eigenvalue weighted by molar-refractivity contribution is -0.181. The van der Waals surface area contributed by atoms with E-state index in [1.807, 2.05) is 43.3 Å². The minimum atomic E-state index is -1.61. The van der Waals surface area contributed by atoms with Crippen LogP contribution in [0.4, 0.5) is 0 Å². The average Bonchev–Trinajstić information content (AvgIpc) is 3.26. The van der Waals surface area contributed by atoms with E-state index < -0.39 is 47.4 Å². The Balaban J connectivity index is 1.23. The highest BCUT2D eigenvalue weighted by atomic mass is 16.6. The van der Waals surface area contributed by atoms with E-state index in [0.29, 0.717) is 32.1 Å². The zero-order valence-corrected chi connectivity index (χ0v) is 25.3. The molecule has 0 saturated heterocycles. The van der Waals surface area contributed by atoms with Gasteiger partial charge < -0.3 is 30.2 Å². The van der Waals surface area contributed by atoms with E-state index >= 15 is 0 Å². The largest absolute Gasteiger partial charge is 0.467 e. The molecule has 0 unspecified atom stereocenters. The normalized spacial score (nSPS) is 36.4. The number of esters is 1. The molecule has 10 heteroatoms. The van der Waals surface area contributed by atoms with Crippen molar-refractivity contribution in [2.75, 3.05) is 20.3 Å². The second-order valence-corrected chi connectivity index (χ2v) is 13.3.